The number of carboxylic acid groups (broad SMARTS) is 1. The van der Waals surface area contributed by atoms with Crippen LogP contribution in [-0.4, -0.2) is 39.0 Å². The lowest BCUT2D eigenvalue weighted by Gasteiger charge is -2.31. The molecule has 2 rings (SSSR count). The molecule has 2 heterocycles. The molecule has 1 aliphatic rings. The fraction of sp³-hybridized carbons (Fsp3) is 0.667. The Morgan fingerprint density at radius 1 is 1.48 bits per heavy atom. The zero-order valence-electron chi connectivity index (χ0n) is 13.0. The summed E-state index contributed by atoms with van der Waals surface area (Å²) in [5.74, 6) is -1.08. The van der Waals surface area contributed by atoms with E-state index in [2.05, 4.69) is 25.8 Å². The monoisotopic (exact) mass is 310 g/mol. The van der Waals surface area contributed by atoms with Crippen molar-refractivity contribution in [3.63, 3.8) is 0 Å². The van der Waals surface area contributed by atoms with Gasteiger partial charge >= 0.3 is 5.97 Å². The standard InChI is InChI=1S/C15H22N2O3S/c1-14(2,3)12-16-10(9-21-12)8-11(18)17-7-5-6-15(17,4)13(19)20/h9H,5-8H2,1-4H3,(H,19,20). The number of hydrogen-bond acceptors (Lipinski definition) is 4. The van der Waals surface area contributed by atoms with Crippen LogP contribution in [-0.2, 0) is 21.4 Å². The average Bonchev–Trinajstić information content (AvgIpc) is 2.95. The van der Waals surface area contributed by atoms with Gasteiger partial charge in [0.1, 0.15) is 5.54 Å². The number of thiazole rings is 1. The highest BCUT2D eigenvalue weighted by Gasteiger charge is 2.45. The Balaban J connectivity index is 2.11. The van der Waals surface area contributed by atoms with E-state index in [0.717, 1.165) is 17.1 Å². The fourth-order valence-electron chi connectivity index (χ4n) is 2.57. The number of carboxylic acids is 1. The third-order valence-electron chi connectivity index (χ3n) is 3.93. The van der Waals surface area contributed by atoms with Gasteiger partial charge in [0.15, 0.2) is 0 Å². The van der Waals surface area contributed by atoms with Crippen molar-refractivity contribution in [2.45, 2.75) is 57.9 Å². The molecular weight excluding hydrogens is 288 g/mol. The van der Waals surface area contributed by atoms with Crippen molar-refractivity contribution in [2.24, 2.45) is 0 Å². The minimum atomic E-state index is -1.07. The molecule has 0 bridgehead atoms. The van der Waals surface area contributed by atoms with Crippen LogP contribution in [0.3, 0.4) is 0 Å². The van der Waals surface area contributed by atoms with E-state index in [4.69, 9.17) is 0 Å². The van der Waals surface area contributed by atoms with Gasteiger partial charge in [-0.25, -0.2) is 9.78 Å². The highest BCUT2D eigenvalue weighted by Crippen LogP contribution is 2.30. The smallest absolute Gasteiger partial charge is 0.329 e. The molecule has 1 aliphatic heterocycles. The minimum Gasteiger partial charge on any atom is -0.480 e. The van der Waals surface area contributed by atoms with Crippen LogP contribution < -0.4 is 0 Å². The van der Waals surface area contributed by atoms with Crippen molar-refractivity contribution in [1.82, 2.24) is 9.88 Å². The van der Waals surface area contributed by atoms with Gasteiger partial charge in [-0.05, 0) is 19.8 Å². The molecule has 0 aromatic carbocycles. The van der Waals surface area contributed by atoms with Crippen LogP contribution in [0, 0.1) is 0 Å². The Hall–Kier alpha value is -1.43. The summed E-state index contributed by atoms with van der Waals surface area (Å²) >= 11 is 1.55. The summed E-state index contributed by atoms with van der Waals surface area (Å²) in [7, 11) is 0. The zero-order chi connectivity index (χ0) is 15.8. The number of hydrogen-bond donors (Lipinski definition) is 1. The summed E-state index contributed by atoms with van der Waals surface area (Å²) in [4.78, 5) is 29.8. The molecule has 0 spiro atoms. The molecule has 0 aliphatic carbocycles. The van der Waals surface area contributed by atoms with Crippen LogP contribution >= 0.6 is 11.3 Å². The lowest BCUT2D eigenvalue weighted by atomic mass is 9.98. The maximum absolute atomic E-state index is 12.4. The Labute approximate surface area is 129 Å². The van der Waals surface area contributed by atoms with E-state index in [1.54, 1.807) is 18.3 Å². The first kappa shape index (κ1) is 15.9. The van der Waals surface area contributed by atoms with Gasteiger partial charge in [0, 0.05) is 17.3 Å². The normalized spacial score (nSPS) is 22.6. The van der Waals surface area contributed by atoms with Gasteiger partial charge in [0.05, 0.1) is 17.1 Å². The highest BCUT2D eigenvalue weighted by atomic mass is 32.1. The van der Waals surface area contributed by atoms with Crippen molar-refractivity contribution in [3.8, 4) is 0 Å². The SMILES string of the molecule is CC(C)(C)c1nc(CC(=O)N2CCCC2(C)C(=O)O)cs1. The number of nitrogens with zero attached hydrogens (tertiary/aromatic N) is 2. The Morgan fingerprint density at radius 2 is 2.14 bits per heavy atom. The summed E-state index contributed by atoms with van der Waals surface area (Å²) < 4.78 is 0. The number of carbonyl (C=O) groups is 2. The number of rotatable bonds is 3. The molecule has 0 radical (unpaired) electrons. The summed E-state index contributed by atoms with van der Waals surface area (Å²) in [5.41, 5.74) is -0.371. The number of carbonyl (C=O) groups excluding carboxylic acids is 1. The van der Waals surface area contributed by atoms with E-state index in [1.807, 2.05) is 5.38 Å². The van der Waals surface area contributed by atoms with E-state index in [1.165, 1.54) is 4.90 Å². The van der Waals surface area contributed by atoms with Gasteiger partial charge in [-0.15, -0.1) is 11.3 Å². The maximum Gasteiger partial charge on any atom is 0.329 e. The molecule has 1 saturated heterocycles. The van der Waals surface area contributed by atoms with Crippen LogP contribution in [0.2, 0.25) is 0 Å². The van der Waals surface area contributed by atoms with Gasteiger partial charge in [-0.2, -0.15) is 0 Å². The number of aromatic nitrogens is 1. The predicted octanol–water partition coefficient (Wildman–Crippen LogP) is 2.45. The third-order valence-corrected chi connectivity index (χ3v) is 5.25. The third kappa shape index (κ3) is 3.10. The maximum atomic E-state index is 12.4. The van der Waals surface area contributed by atoms with Gasteiger partial charge in [-0.3, -0.25) is 4.79 Å². The number of aliphatic carboxylic acids is 1. The molecule has 1 amide bonds. The van der Waals surface area contributed by atoms with Crippen LogP contribution in [0.4, 0.5) is 0 Å². The largest absolute Gasteiger partial charge is 0.480 e. The molecule has 5 nitrogen and oxygen atoms in total. The van der Waals surface area contributed by atoms with Crippen molar-refractivity contribution in [1.29, 1.82) is 0 Å². The molecule has 1 aromatic heterocycles. The first-order chi connectivity index (χ1) is 9.64. The van der Waals surface area contributed by atoms with E-state index < -0.39 is 11.5 Å². The van der Waals surface area contributed by atoms with Crippen molar-refractivity contribution in [3.05, 3.63) is 16.1 Å². The van der Waals surface area contributed by atoms with Crippen LogP contribution in [0.1, 0.15) is 51.2 Å². The van der Waals surface area contributed by atoms with Crippen LogP contribution in [0.5, 0.6) is 0 Å². The minimum absolute atomic E-state index is 0.0326. The molecule has 1 fully saturated rings. The first-order valence-corrected chi connectivity index (χ1v) is 8.01. The second-order valence-corrected chi connectivity index (χ2v) is 7.66. The quantitative estimate of drug-likeness (QED) is 0.931. The molecule has 1 unspecified atom stereocenters. The zero-order valence-corrected chi connectivity index (χ0v) is 13.8. The summed E-state index contributed by atoms with van der Waals surface area (Å²) in [6.07, 6.45) is 1.42. The van der Waals surface area contributed by atoms with Gasteiger partial charge in [0.2, 0.25) is 5.91 Å². The Morgan fingerprint density at radius 3 is 2.67 bits per heavy atom. The molecule has 1 aromatic rings. The molecule has 1 atom stereocenters. The van der Waals surface area contributed by atoms with Crippen molar-refractivity contribution < 1.29 is 14.7 Å². The number of amides is 1. The Kier molecular flexibility index (Phi) is 4.10. The molecule has 1 N–H and O–H groups in total. The molecule has 21 heavy (non-hydrogen) atoms. The number of likely N-dealkylation sites (tertiary alicyclic amines) is 1. The van der Waals surface area contributed by atoms with Crippen LogP contribution in [0.15, 0.2) is 5.38 Å². The van der Waals surface area contributed by atoms with Gasteiger partial charge < -0.3 is 10.0 Å². The fourth-order valence-corrected chi connectivity index (χ4v) is 3.48. The molecule has 0 saturated carbocycles. The van der Waals surface area contributed by atoms with E-state index >= 15 is 0 Å². The molecule has 6 heteroatoms. The lowest BCUT2D eigenvalue weighted by Crippen LogP contribution is -2.51. The van der Waals surface area contributed by atoms with Gasteiger partial charge in [0.25, 0.3) is 0 Å². The summed E-state index contributed by atoms with van der Waals surface area (Å²) in [6.45, 7) is 8.39. The van der Waals surface area contributed by atoms with E-state index in [-0.39, 0.29) is 17.7 Å². The topological polar surface area (TPSA) is 70.5 Å². The van der Waals surface area contributed by atoms with Crippen molar-refractivity contribution >= 4 is 23.2 Å². The van der Waals surface area contributed by atoms with Gasteiger partial charge in [-0.1, -0.05) is 20.8 Å². The second kappa shape index (κ2) is 5.40. The summed E-state index contributed by atoms with van der Waals surface area (Å²) in [6, 6.07) is 0. The molecular formula is C15H22N2O3S. The summed E-state index contributed by atoms with van der Waals surface area (Å²) in [5, 5.41) is 12.2. The van der Waals surface area contributed by atoms with E-state index in [0.29, 0.717) is 13.0 Å². The highest BCUT2D eigenvalue weighted by molar-refractivity contribution is 7.09. The van der Waals surface area contributed by atoms with Crippen LogP contribution in [0.25, 0.3) is 0 Å². The average molecular weight is 310 g/mol. The first-order valence-electron chi connectivity index (χ1n) is 7.13. The van der Waals surface area contributed by atoms with E-state index in [9.17, 15) is 14.7 Å². The second-order valence-electron chi connectivity index (χ2n) is 6.80. The lowest BCUT2D eigenvalue weighted by molar-refractivity contribution is -0.155. The van der Waals surface area contributed by atoms with Crippen molar-refractivity contribution in [2.75, 3.05) is 6.54 Å². The predicted molar refractivity (Wildman–Crippen MR) is 81.5 cm³/mol. The Bertz CT molecular complexity index is 562. The molecule has 116 valence electrons.